The first-order chi connectivity index (χ1) is 31.1. The van der Waals surface area contributed by atoms with E-state index in [1.165, 1.54) is 55.8 Å². The molecule has 65 heavy (non-hydrogen) atoms. The fraction of sp³-hybridized carbons (Fsp3) is 0.413. The van der Waals surface area contributed by atoms with E-state index in [1.54, 1.807) is 11.0 Å². The van der Waals surface area contributed by atoms with Crippen LogP contribution in [-0.4, -0.2) is 119 Å². The molecule has 0 spiro atoms. The van der Waals surface area contributed by atoms with Gasteiger partial charge in [0.25, 0.3) is 5.69 Å². The lowest BCUT2D eigenvalue weighted by Crippen LogP contribution is -2.57. The summed E-state index contributed by atoms with van der Waals surface area (Å²) in [6.07, 6.45) is 8.71. The molecular formula is C46H47F2N7O10. The molecule has 3 saturated heterocycles. The third-order valence-corrected chi connectivity index (χ3v) is 11.8. The fourth-order valence-corrected chi connectivity index (χ4v) is 8.74. The Kier molecular flexibility index (Phi) is 12.6. The highest BCUT2D eigenvalue weighted by Gasteiger charge is 2.45. The van der Waals surface area contributed by atoms with E-state index >= 15 is 8.78 Å². The van der Waals surface area contributed by atoms with Crippen LogP contribution in [0, 0.1) is 34.1 Å². The maximum absolute atomic E-state index is 17.4. The zero-order valence-electron chi connectivity index (χ0n) is 36.4. The van der Waals surface area contributed by atoms with Gasteiger partial charge in [0.2, 0.25) is 0 Å². The third kappa shape index (κ3) is 9.36. The normalized spacial score (nSPS) is 19.6. The van der Waals surface area contributed by atoms with Crippen LogP contribution in [0.2, 0.25) is 0 Å². The number of nitro groups is 1. The number of aromatic nitrogens is 3. The highest BCUT2D eigenvalue weighted by Crippen LogP contribution is 2.41. The lowest BCUT2D eigenvalue weighted by atomic mass is 9.95. The summed E-state index contributed by atoms with van der Waals surface area (Å²) in [4.78, 5) is 56.1. The van der Waals surface area contributed by atoms with Crippen LogP contribution in [0.15, 0.2) is 54.7 Å². The maximum atomic E-state index is 17.4. The minimum absolute atomic E-state index is 0.00567. The van der Waals surface area contributed by atoms with Gasteiger partial charge >= 0.3 is 18.3 Å². The van der Waals surface area contributed by atoms with E-state index < -0.39 is 34.4 Å². The van der Waals surface area contributed by atoms with E-state index in [-0.39, 0.29) is 89.3 Å². The molecule has 8 rings (SSSR count). The van der Waals surface area contributed by atoms with Crippen molar-refractivity contribution < 1.29 is 51.7 Å². The minimum Gasteiger partial charge on any atom is -0.468 e. The van der Waals surface area contributed by atoms with Crippen molar-refractivity contribution in [3.8, 4) is 41.1 Å². The number of non-ortho nitro benzene ring substituents is 1. The van der Waals surface area contributed by atoms with Gasteiger partial charge in [-0.15, -0.1) is 6.42 Å². The Morgan fingerprint density at radius 1 is 0.954 bits per heavy atom. The standard InChI is InChI=1S/C46H47F2N7O10/c1-7-34-37(47)17-8-26-18-33(63-25-60-6)19-35(38(26)34)40-39(48)41-36(20-49-40)42(53-21-28-9-10-29(22-53)54(28)44(56)65-46(2,3)4)51-43(50-41)61-23-30-11-12-31(52(30)5)24-62-45(57)64-32-15-13-27(14-16-32)55(58)59/h1,8,13-20,28-31H,9-12,21-25H2,2-6H3/t28?,29?,30-,31-/m0/s1. The number of methoxy groups -OCH3 is 1. The highest BCUT2D eigenvalue weighted by molar-refractivity contribution is 6.03. The van der Waals surface area contributed by atoms with Crippen molar-refractivity contribution in [2.45, 2.75) is 76.2 Å². The average molecular weight is 896 g/mol. The van der Waals surface area contributed by atoms with Crippen molar-refractivity contribution in [2.75, 3.05) is 52.2 Å². The highest BCUT2D eigenvalue weighted by atomic mass is 19.1. The number of amides is 1. The second-order valence-corrected chi connectivity index (χ2v) is 17.2. The number of nitrogens with zero attached hydrogens (tertiary/aromatic N) is 7. The molecule has 0 radical (unpaired) electrons. The molecular weight excluding hydrogens is 849 g/mol. The van der Waals surface area contributed by atoms with E-state index in [0.29, 0.717) is 48.3 Å². The Morgan fingerprint density at radius 3 is 2.32 bits per heavy atom. The van der Waals surface area contributed by atoms with Crippen LogP contribution in [-0.2, 0) is 14.2 Å². The van der Waals surface area contributed by atoms with E-state index in [2.05, 4.69) is 15.9 Å². The number of piperazine rings is 1. The van der Waals surface area contributed by atoms with Gasteiger partial charge in [0, 0.05) is 61.6 Å². The number of terminal acetylenes is 1. The number of likely N-dealkylation sites (tertiary alicyclic amines) is 1. The molecule has 17 nitrogen and oxygen atoms in total. The zero-order valence-corrected chi connectivity index (χ0v) is 36.4. The number of carbonyl (C=O) groups is 2. The number of fused-ring (bicyclic) bond motifs is 4. The van der Waals surface area contributed by atoms with Crippen molar-refractivity contribution in [2.24, 2.45) is 0 Å². The molecule has 5 aromatic rings. The number of likely N-dealkylation sites (N-methyl/N-ethyl adjacent to an activating group) is 1. The first-order valence-corrected chi connectivity index (χ1v) is 21.0. The molecule has 0 aliphatic carbocycles. The smallest absolute Gasteiger partial charge is 0.468 e. The van der Waals surface area contributed by atoms with Gasteiger partial charge in [0.05, 0.1) is 28.0 Å². The van der Waals surface area contributed by atoms with Crippen LogP contribution < -0.4 is 19.1 Å². The summed E-state index contributed by atoms with van der Waals surface area (Å²) in [6.45, 7) is 6.21. The molecule has 3 aliphatic heterocycles. The fourth-order valence-electron chi connectivity index (χ4n) is 8.74. The summed E-state index contributed by atoms with van der Waals surface area (Å²) in [7, 11) is 3.32. The molecule has 4 atom stereocenters. The largest absolute Gasteiger partial charge is 0.513 e. The second kappa shape index (κ2) is 18.3. The monoisotopic (exact) mass is 895 g/mol. The Bertz CT molecular complexity index is 2680. The van der Waals surface area contributed by atoms with Crippen LogP contribution in [0.4, 0.5) is 29.9 Å². The maximum Gasteiger partial charge on any atom is 0.513 e. The molecule has 3 aromatic carbocycles. The number of ether oxygens (including phenoxy) is 6. The molecule has 2 aromatic heterocycles. The molecule has 340 valence electrons. The van der Waals surface area contributed by atoms with Gasteiger partial charge in [0.1, 0.15) is 53.2 Å². The van der Waals surface area contributed by atoms with E-state index in [9.17, 15) is 19.7 Å². The first-order valence-electron chi connectivity index (χ1n) is 21.0. The summed E-state index contributed by atoms with van der Waals surface area (Å²) in [5.41, 5.74) is -0.999. The van der Waals surface area contributed by atoms with Crippen LogP contribution in [0.3, 0.4) is 0 Å². The Labute approximate surface area is 372 Å². The predicted molar refractivity (Wildman–Crippen MR) is 233 cm³/mol. The van der Waals surface area contributed by atoms with E-state index in [0.717, 1.165) is 12.8 Å². The molecule has 0 N–H and O–H groups in total. The Balaban J connectivity index is 1.09. The third-order valence-electron chi connectivity index (χ3n) is 11.8. The van der Waals surface area contributed by atoms with Crippen molar-refractivity contribution in [1.29, 1.82) is 0 Å². The Hall–Kier alpha value is -6.91. The van der Waals surface area contributed by atoms with Gasteiger partial charge in [-0.3, -0.25) is 24.9 Å². The number of hydrogen-bond donors (Lipinski definition) is 0. The predicted octanol–water partition coefficient (Wildman–Crippen LogP) is 7.64. The van der Waals surface area contributed by atoms with Gasteiger partial charge in [-0.05, 0) is 89.2 Å². The lowest BCUT2D eigenvalue weighted by Gasteiger charge is -2.42. The van der Waals surface area contributed by atoms with Crippen LogP contribution in [0.25, 0.3) is 32.9 Å². The van der Waals surface area contributed by atoms with Gasteiger partial charge in [-0.2, -0.15) is 9.97 Å². The molecule has 3 aliphatic rings. The summed E-state index contributed by atoms with van der Waals surface area (Å²) in [5, 5.41) is 12.0. The number of halogens is 2. The number of pyridine rings is 1. The molecule has 3 fully saturated rings. The van der Waals surface area contributed by atoms with Crippen LogP contribution >= 0.6 is 0 Å². The molecule has 19 heteroatoms. The second-order valence-electron chi connectivity index (χ2n) is 17.2. The number of carbonyl (C=O) groups excluding carboxylic acids is 2. The van der Waals surface area contributed by atoms with Crippen molar-refractivity contribution >= 4 is 45.4 Å². The van der Waals surface area contributed by atoms with Gasteiger partial charge in [-0.1, -0.05) is 12.0 Å². The van der Waals surface area contributed by atoms with Crippen LogP contribution in [0.1, 0.15) is 52.0 Å². The van der Waals surface area contributed by atoms with E-state index in [1.807, 2.05) is 37.6 Å². The van der Waals surface area contributed by atoms with Crippen molar-refractivity contribution in [3.05, 3.63) is 82.0 Å². The van der Waals surface area contributed by atoms with Crippen molar-refractivity contribution in [3.63, 3.8) is 0 Å². The molecule has 0 saturated carbocycles. The molecule has 2 unspecified atom stereocenters. The molecule has 5 heterocycles. The molecule has 2 bridgehead atoms. The number of rotatable bonds is 12. The quantitative estimate of drug-likeness (QED) is 0.0297. The minimum atomic E-state index is -0.955. The van der Waals surface area contributed by atoms with Crippen molar-refractivity contribution in [1.82, 2.24) is 24.8 Å². The summed E-state index contributed by atoms with van der Waals surface area (Å²) in [5.74, 6) is 1.68. The number of benzene rings is 3. The zero-order chi connectivity index (χ0) is 46.2. The van der Waals surface area contributed by atoms with E-state index in [4.69, 9.17) is 39.8 Å². The molecule has 1 amide bonds. The SMILES string of the molecule is C#Cc1c(F)ccc2cc(OCOC)cc(-c3ncc4c(N5CC6CCC(C5)N6C(=O)OC(C)(C)C)nc(OC[C@@H]5CC[C@@H](COC(=O)Oc6ccc([N+](=O)[O-])cc6)N5C)nc4c3F)c12. The number of hydrogen-bond acceptors (Lipinski definition) is 15. The summed E-state index contributed by atoms with van der Waals surface area (Å²) < 4.78 is 66.1. The van der Waals surface area contributed by atoms with Gasteiger partial charge in [-0.25, -0.2) is 18.4 Å². The van der Waals surface area contributed by atoms with Crippen LogP contribution in [0.5, 0.6) is 17.5 Å². The first kappa shape index (κ1) is 44.7. The van der Waals surface area contributed by atoms with Gasteiger partial charge in [0.15, 0.2) is 12.6 Å². The summed E-state index contributed by atoms with van der Waals surface area (Å²) in [6, 6.07) is 10.1. The number of anilines is 1. The lowest BCUT2D eigenvalue weighted by molar-refractivity contribution is -0.384. The topological polar surface area (TPSA) is 181 Å². The number of nitro benzene ring substituents is 1. The average Bonchev–Trinajstić information content (AvgIpc) is 3.76. The summed E-state index contributed by atoms with van der Waals surface area (Å²) >= 11 is 0. The Morgan fingerprint density at radius 2 is 1.66 bits per heavy atom. The van der Waals surface area contributed by atoms with Gasteiger partial charge < -0.3 is 33.3 Å².